The first kappa shape index (κ1) is 16.1. The number of carbonyl (C=O) groups is 2. The van der Waals surface area contributed by atoms with E-state index >= 15 is 0 Å². The second kappa shape index (κ2) is 5.61. The first-order valence-corrected chi connectivity index (χ1v) is 6.18. The average Bonchev–Trinajstić information content (AvgIpc) is 2.68. The number of rotatable bonds is 4. The maximum Gasteiger partial charge on any atom is 0.172 e. The Morgan fingerprint density at radius 3 is 2.24 bits per heavy atom. The molecule has 1 aliphatic rings. The van der Waals surface area contributed by atoms with Gasteiger partial charge in [0.2, 0.25) is 0 Å². The van der Waals surface area contributed by atoms with Crippen molar-refractivity contribution in [2.75, 3.05) is 0 Å². The summed E-state index contributed by atoms with van der Waals surface area (Å²) in [6, 6.07) is 5.42. The van der Waals surface area contributed by atoms with E-state index in [-0.39, 0.29) is 17.7 Å². The SMILES string of the molecule is CC(C)=CC(=O)CC1(C#N)C(N)=C(C=O)CC1(C#N)C#N. The molecule has 0 fully saturated rings. The molecule has 1 rings (SSSR count). The Balaban J connectivity index is 3.51. The van der Waals surface area contributed by atoms with Gasteiger partial charge in [-0.25, -0.2) is 0 Å². The molecule has 6 heteroatoms. The summed E-state index contributed by atoms with van der Waals surface area (Å²) in [5.74, 6) is -0.415. The van der Waals surface area contributed by atoms with Crippen LogP contribution >= 0.6 is 0 Å². The van der Waals surface area contributed by atoms with Crippen LogP contribution in [0.1, 0.15) is 26.7 Å². The molecular weight excluding hydrogens is 268 g/mol. The number of nitriles is 3. The summed E-state index contributed by atoms with van der Waals surface area (Å²) in [6.45, 7) is 3.42. The van der Waals surface area contributed by atoms with Gasteiger partial charge in [-0.15, -0.1) is 0 Å². The molecule has 2 N–H and O–H groups in total. The van der Waals surface area contributed by atoms with Crippen LogP contribution in [0.3, 0.4) is 0 Å². The summed E-state index contributed by atoms with van der Waals surface area (Å²) in [5.41, 5.74) is 2.82. The van der Waals surface area contributed by atoms with Gasteiger partial charge >= 0.3 is 0 Å². The van der Waals surface area contributed by atoms with Gasteiger partial charge in [0.15, 0.2) is 11.2 Å². The van der Waals surface area contributed by atoms with Gasteiger partial charge in [-0.1, -0.05) is 5.57 Å². The van der Waals surface area contributed by atoms with Crippen LogP contribution in [0.5, 0.6) is 0 Å². The minimum atomic E-state index is -1.83. The number of hydrogen-bond donors (Lipinski definition) is 1. The number of ketones is 1. The molecule has 0 aliphatic heterocycles. The van der Waals surface area contributed by atoms with Gasteiger partial charge in [-0.3, -0.25) is 9.59 Å². The molecule has 0 amide bonds. The van der Waals surface area contributed by atoms with Crippen LogP contribution in [0.15, 0.2) is 22.9 Å². The maximum atomic E-state index is 12.0. The molecule has 1 aliphatic carbocycles. The summed E-state index contributed by atoms with van der Waals surface area (Å²) in [7, 11) is 0. The standard InChI is InChI=1S/C15H14N4O2/c1-10(2)3-12(21)5-15(9-18)13(19)11(6-20)4-14(15,7-16)8-17/h3,6H,4-5,19H2,1-2H3. The van der Waals surface area contributed by atoms with Crippen LogP contribution in [0.4, 0.5) is 0 Å². The molecule has 21 heavy (non-hydrogen) atoms. The number of hydrogen-bond acceptors (Lipinski definition) is 6. The van der Waals surface area contributed by atoms with Gasteiger partial charge in [-0.2, -0.15) is 15.8 Å². The fraction of sp³-hybridized carbons (Fsp3) is 0.400. The van der Waals surface area contributed by atoms with Crippen molar-refractivity contribution in [2.45, 2.75) is 26.7 Å². The Hall–Kier alpha value is -2.91. The van der Waals surface area contributed by atoms with Crippen molar-refractivity contribution in [1.29, 1.82) is 15.8 Å². The highest BCUT2D eigenvalue weighted by atomic mass is 16.1. The van der Waals surface area contributed by atoms with Crippen LogP contribution in [0.2, 0.25) is 0 Å². The summed E-state index contributed by atoms with van der Waals surface area (Å²) >= 11 is 0. The van der Waals surface area contributed by atoms with E-state index in [2.05, 4.69) is 0 Å². The van der Waals surface area contributed by atoms with Crippen molar-refractivity contribution in [2.24, 2.45) is 16.6 Å². The Morgan fingerprint density at radius 1 is 1.29 bits per heavy atom. The fourth-order valence-corrected chi connectivity index (χ4v) is 2.51. The molecule has 0 heterocycles. The number of carbonyl (C=O) groups excluding carboxylic acids is 2. The third kappa shape index (κ3) is 2.30. The lowest BCUT2D eigenvalue weighted by atomic mass is 9.64. The molecule has 0 saturated heterocycles. The van der Waals surface area contributed by atoms with E-state index in [1.807, 2.05) is 6.07 Å². The first-order chi connectivity index (χ1) is 9.82. The predicted octanol–water partition coefficient (Wildman–Crippen LogP) is 1.27. The van der Waals surface area contributed by atoms with Gasteiger partial charge in [0.25, 0.3) is 0 Å². The quantitative estimate of drug-likeness (QED) is 0.610. The third-order valence-corrected chi connectivity index (χ3v) is 3.59. The second-order valence-corrected chi connectivity index (χ2v) is 5.24. The molecule has 0 aromatic carbocycles. The van der Waals surface area contributed by atoms with Crippen LogP contribution in [0, 0.1) is 44.8 Å². The summed E-state index contributed by atoms with van der Waals surface area (Å²) in [6.07, 6.45) is 1.11. The lowest BCUT2D eigenvalue weighted by Crippen LogP contribution is -2.40. The number of aldehydes is 1. The van der Waals surface area contributed by atoms with Crippen LogP contribution in [-0.2, 0) is 9.59 Å². The molecule has 0 aromatic rings. The molecule has 0 radical (unpaired) electrons. The largest absolute Gasteiger partial charge is 0.400 e. The zero-order valence-electron chi connectivity index (χ0n) is 11.8. The lowest BCUT2D eigenvalue weighted by Gasteiger charge is -2.30. The predicted molar refractivity (Wildman–Crippen MR) is 72.7 cm³/mol. The van der Waals surface area contributed by atoms with E-state index in [9.17, 15) is 25.4 Å². The van der Waals surface area contributed by atoms with Gasteiger partial charge < -0.3 is 5.73 Å². The highest BCUT2D eigenvalue weighted by molar-refractivity contribution is 5.92. The third-order valence-electron chi connectivity index (χ3n) is 3.59. The van der Waals surface area contributed by atoms with Gasteiger partial charge in [0.1, 0.15) is 11.7 Å². The van der Waals surface area contributed by atoms with Crippen LogP contribution in [0.25, 0.3) is 0 Å². The van der Waals surface area contributed by atoms with Crippen molar-refractivity contribution < 1.29 is 9.59 Å². The van der Waals surface area contributed by atoms with Crippen molar-refractivity contribution in [1.82, 2.24) is 0 Å². The highest BCUT2D eigenvalue weighted by Crippen LogP contribution is 2.55. The van der Waals surface area contributed by atoms with Crippen molar-refractivity contribution in [3.05, 3.63) is 22.9 Å². The Bertz CT molecular complexity index is 664. The normalized spacial score (nSPS) is 22.6. The Morgan fingerprint density at radius 2 is 1.86 bits per heavy atom. The average molecular weight is 282 g/mol. The Kier molecular flexibility index (Phi) is 4.31. The van der Waals surface area contributed by atoms with E-state index < -0.39 is 23.0 Å². The molecule has 6 nitrogen and oxygen atoms in total. The maximum absolute atomic E-state index is 12.0. The van der Waals surface area contributed by atoms with E-state index in [1.165, 1.54) is 6.08 Å². The summed E-state index contributed by atoms with van der Waals surface area (Å²) in [4.78, 5) is 23.1. The van der Waals surface area contributed by atoms with Gasteiger partial charge in [0.05, 0.1) is 18.2 Å². The van der Waals surface area contributed by atoms with Gasteiger partial charge in [-0.05, 0) is 19.9 Å². The summed E-state index contributed by atoms with van der Waals surface area (Å²) in [5, 5.41) is 28.2. The fourth-order valence-electron chi connectivity index (χ4n) is 2.51. The molecule has 106 valence electrons. The zero-order chi connectivity index (χ0) is 16.3. The molecule has 1 atom stereocenters. The van der Waals surface area contributed by atoms with Crippen molar-refractivity contribution >= 4 is 12.1 Å². The second-order valence-electron chi connectivity index (χ2n) is 5.24. The number of nitrogens with two attached hydrogens (primary N) is 1. The van der Waals surface area contributed by atoms with Crippen molar-refractivity contribution in [3.8, 4) is 18.2 Å². The molecule has 0 saturated carbocycles. The van der Waals surface area contributed by atoms with Crippen LogP contribution < -0.4 is 5.73 Å². The molecular formula is C15H14N4O2. The monoisotopic (exact) mass is 282 g/mol. The van der Waals surface area contributed by atoms with Crippen LogP contribution in [-0.4, -0.2) is 12.1 Å². The minimum Gasteiger partial charge on any atom is -0.400 e. The smallest absolute Gasteiger partial charge is 0.172 e. The lowest BCUT2D eigenvalue weighted by molar-refractivity contribution is -0.116. The van der Waals surface area contributed by atoms with E-state index in [1.54, 1.807) is 26.0 Å². The summed E-state index contributed by atoms with van der Waals surface area (Å²) < 4.78 is 0. The first-order valence-electron chi connectivity index (χ1n) is 6.18. The highest BCUT2D eigenvalue weighted by Gasteiger charge is 2.61. The van der Waals surface area contributed by atoms with E-state index in [0.29, 0.717) is 6.29 Å². The molecule has 0 spiro atoms. The van der Waals surface area contributed by atoms with Gasteiger partial charge in [0, 0.05) is 24.1 Å². The number of nitrogens with zero attached hydrogens (tertiary/aromatic N) is 3. The van der Waals surface area contributed by atoms with E-state index in [4.69, 9.17) is 5.73 Å². The topological polar surface area (TPSA) is 132 Å². The minimum absolute atomic E-state index is 0.0321. The zero-order valence-corrected chi connectivity index (χ0v) is 11.8. The molecule has 0 aromatic heterocycles. The molecule has 0 bridgehead atoms. The number of allylic oxidation sites excluding steroid dienone is 4. The van der Waals surface area contributed by atoms with E-state index in [0.717, 1.165) is 5.57 Å². The Labute approximate surface area is 122 Å². The molecule has 1 unspecified atom stereocenters. The van der Waals surface area contributed by atoms with Crippen molar-refractivity contribution in [3.63, 3.8) is 0 Å².